The van der Waals surface area contributed by atoms with Gasteiger partial charge in [-0.1, -0.05) is 13.8 Å². The lowest BCUT2D eigenvalue weighted by Crippen LogP contribution is -2.25. The Morgan fingerprint density at radius 1 is 1.18 bits per heavy atom. The third-order valence-corrected chi connectivity index (χ3v) is 4.50. The first-order valence-electron chi connectivity index (χ1n) is 7.38. The van der Waals surface area contributed by atoms with E-state index in [1.165, 1.54) is 0 Å². The van der Waals surface area contributed by atoms with Crippen molar-refractivity contribution < 1.29 is 13.2 Å². The Balaban J connectivity index is 0.00000441. The number of benzene rings is 1. The number of nitrogens with two attached hydrogens (primary N) is 1. The molecular weight excluding hydrogens is 324 g/mol. The minimum Gasteiger partial charge on any atom is -0.494 e. The molecule has 0 amide bonds. The summed E-state index contributed by atoms with van der Waals surface area (Å²) in [6.07, 6.45) is 2.53. The number of rotatable bonds is 10. The Bertz CT molecular complexity index is 504. The number of nitrogens with one attached hydrogen (secondary N) is 1. The molecular formula is C15H27ClN2O3S. The van der Waals surface area contributed by atoms with Crippen molar-refractivity contribution >= 4 is 22.4 Å². The summed E-state index contributed by atoms with van der Waals surface area (Å²) in [7, 11) is -3.44. The van der Waals surface area contributed by atoms with E-state index in [1.807, 2.05) is 0 Å². The van der Waals surface area contributed by atoms with Crippen molar-refractivity contribution in [1.29, 1.82) is 0 Å². The van der Waals surface area contributed by atoms with Crippen LogP contribution >= 0.6 is 12.4 Å². The Hall–Kier alpha value is -0.820. The van der Waals surface area contributed by atoms with Crippen molar-refractivity contribution in [2.45, 2.75) is 38.0 Å². The zero-order valence-electron chi connectivity index (χ0n) is 13.2. The van der Waals surface area contributed by atoms with Gasteiger partial charge < -0.3 is 10.5 Å². The second-order valence-corrected chi connectivity index (χ2v) is 7.16. The van der Waals surface area contributed by atoms with Crippen LogP contribution in [0.15, 0.2) is 29.2 Å². The summed E-state index contributed by atoms with van der Waals surface area (Å²) in [4.78, 5) is 0.256. The number of ether oxygens (including phenoxy) is 1. The standard InChI is InChI=1S/C15H26N2O3S.ClH/c1-13(2)9-12-20-14-5-7-15(8-6-14)21(18,19)17-11-4-3-10-16;/h5-8,13,17H,3-4,9-12,16H2,1-2H3;1H. The Morgan fingerprint density at radius 2 is 1.82 bits per heavy atom. The first kappa shape index (κ1) is 21.2. The molecule has 1 rings (SSSR count). The van der Waals surface area contributed by atoms with E-state index in [0.29, 0.717) is 31.4 Å². The van der Waals surface area contributed by atoms with E-state index < -0.39 is 10.0 Å². The van der Waals surface area contributed by atoms with Crippen LogP contribution in [0, 0.1) is 5.92 Å². The molecule has 5 nitrogen and oxygen atoms in total. The predicted octanol–water partition coefficient (Wildman–Crippen LogP) is 2.55. The van der Waals surface area contributed by atoms with Crippen LogP contribution in [0.3, 0.4) is 0 Å². The van der Waals surface area contributed by atoms with Gasteiger partial charge in [0.1, 0.15) is 5.75 Å². The zero-order valence-corrected chi connectivity index (χ0v) is 14.9. The third kappa shape index (κ3) is 7.98. The summed E-state index contributed by atoms with van der Waals surface area (Å²) in [6.45, 7) is 5.89. The van der Waals surface area contributed by atoms with Crippen LogP contribution in [-0.2, 0) is 10.0 Å². The summed E-state index contributed by atoms with van der Waals surface area (Å²) in [5.74, 6) is 1.28. The quantitative estimate of drug-likeness (QED) is 0.635. The van der Waals surface area contributed by atoms with Crippen molar-refractivity contribution in [1.82, 2.24) is 4.72 Å². The van der Waals surface area contributed by atoms with Gasteiger partial charge in [-0.05, 0) is 56.0 Å². The number of hydrogen-bond acceptors (Lipinski definition) is 4. The van der Waals surface area contributed by atoms with Gasteiger partial charge in [0.05, 0.1) is 11.5 Å². The molecule has 0 aliphatic carbocycles. The fraction of sp³-hybridized carbons (Fsp3) is 0.600. The van der Waals surface area contributed by atoms with Gasteiger partial charge in [-0.15, -0.1) is 12.4 Å². The van der Waals surface area contributed by atoms with Gasteiger partial charge in [-0.25, -0.2) is 13.1 Å². The fourth-order valence-electron chi connectivity index (χ4n) is 1.69. The van der Waals surface area contributed by atoms with E-state index in [-0.39, 0.29) is 17.3 Å². The van der Waals surface area contributed by atoms with Crippen molar-refractivity contribution in [2.24, 2.45) is 11.7 Å². The summed E-state index contributed by atoms with van der Waals surface area (Å²) in [6, 6.07) is 6.51. The summed E-state index contributed by atoms with van der Waals surface area (Å²) in [5, 5.41) is 0. The fourth-order valence-corrected chi connectivity index (χ4v) is 2.76. The molecule has 0 aromatic heterocycles. The Kier molecular flexibility index (Phi) is 10.4. The van der Waals surface area contributed by atoms with Gasteiger partial charge in [0.2, 0.25) is 10.0 Å². The maximum absolute atomic E-state index is 12.0. The van der Waals surface area contributed by atoms with Crippen molar-refractivity contribution in [3.8, 4) is 5.75 Å². The van der Waals surface area contributed by atoms with E-state index in [4.69, 9.17) is 10.5 Å². The van der Waals surface area contributed by atoms with Gasteiger partial charge in [0, 0.05) is 6.54 Å². The lowest BCUT2D eigenvalue weighted by molar-refractivity contribution is 0.289. The molecule has 0 heterocycles. The van der Waals surface area contributed by atoms with Crippen LogP contribution in [0.4, 0.5) is 0 Å². The second-order valence-electron chi connectivity index (χ2n) is 5.40. The van der Waals surface area contributed by atoms with E-state index in [1.54, 1.807) is 24.3 Å². The normalized spacial score (nSPS) is 11.3. The zero-order chi connectivity index (χ0) is 15.7. The second kappa shape index (κ2) is 10.8. The van der Waals surface area contributed by atoms with E-state index in [2.05, 4.69) is 18.6 Å². The number of halogens is 1. The topological polar surface area (TPSA) is 81.4 Å². The van der Waals surface area contributed by atoms with Gasteiger partial charge in [0.15, 0.2) is 0 Å². The van der Waals surface area contributed by atoms with Crippen molar-refractivity contribution in [3.63, 3.8) is 0 Å². The molecule has 0 aliphatic heterocycles. The molecule has 0 atom stereocenters. The predicted molar refractivity (Wildman–Crippen MR) is 92.1 cm³/mol. The molecule has 3 N–H and O–H groups in total. The highest BCUT2D eigenvalue weighted by Crippen LogP contribution is 2.16. The molecule has 0 spiro atoms. The summed E-state index contributed by atoms with van der Waals surface area (Å²) < 4.78 is 32.2. The van der Waals surface area contributed by atoms with Crippen LogP contribution in [-0.4, -0.2) is 28.1 Å². The number of hydrogen-bond donors (Lipinski definition) is 2. The molecule has 1 aromatic rings. The average molecular weight is 351 g/mol. The number of sulfonamides is 1. The van der Waals surface area contributed by atoms with E-state index >= 15 is 0 Å². The maximum atomic E-state index is 12.0. The van der Waals surface area contributed by atoms with Gasteiger partial charge in [0.25, 0.3) is 0 Å². The lowest BCUT2D eigenvalue weighted by atomic mass is 10.1. The van der Waals surface area contributed by atoms with Crippen LogP contribution in [0.25, 0.3) is 0 Å². The average Bonchev–Trinajstić information content (AvgIpc) is 2.44. The SMILES string of the molecule is CC(C)CCOc1ccc(S(=O)(=O)NCCCCN)cc1.Cl. The van der Waals surface area contributed by atoms with Gasteiger partial charge in [-0.2, -0.15) is 0 Å². The molecule has 0 aliphatic rings. The Labute approximate surface area is 140 Å². The van der Waals surface area contributed by atoms with Gasteiger partial charge in [-0.3, -0.25) is 0 Å². The molecule has 1 aromatic carbocycles. The van der Waals surface area contributed by atoms with Crippen molar-refractivity contribution in [2.75, 3.05) is 19.7 Å². The molecule has 128 valence electrons. The minimum absolute atomic E-state index is 0. The summed E-state index contributed by atoms with van der Waals surface area (Å²) >= 11 is 0. The molecule has 0 saturated heterocycles. The Morgan fingerprint density at radius 3 is 2.36 bits per heavy atom. The molecule has 0 bridgehead atoms. The molecule has 22 heavy (non-hydrogen) atoms. The molecule has 0 unspecified atom stereocenters. The lowest BCUT2D eigenvalue weighted by Gasteiger charge is -2.09. The highest BCUT2D eigenvalue weighted by atomic mass is 35.5. The van der Waals surface area contributed by atoms with Crippen LogP contribution in [0.2, 0.25) is 0 Å². The monoisotopic (exact) mass is 350 g/mol. The van der Waals surface area contributed by atoms with Crippen LogP contribution in [0.5, 0.6) is 5.75 Å². The smallest absolute Gasteiger partial charge is 0.240 e. The van der Waals surface area contributed by atoms with Gasteiger partial charge >= 0.3 is 0 Å². The van der Waals surface area contributed by atoms with Crippen LogP contribution in [0.1, 0.15) is 33.1 Å². The van der Waals surface area contributed by atoms with Crippen molar-refractivity contribution in [3.05, 3.63) is 24.3 Å². The van der Waals surface area contributed by atoms with Crippen LogP contribution < -0.4 is 15.2 Å². The molecule has 0 fully saturated rings. The molecule has 7 heteroatoms. The van der Waals surface area contributed by atoms with E-state index in [9.17, 15) is 8.42 Å². The first-order valence-corrected chi connectivity index (χ1v) is 8.86. The van der Waals surface area contributed by atoms with E-state index in [0.717, 1.165) is 19.3 Å². The third-order valence-electron chi connectivity index (χ3n) is 3.02. The highest BCUT2D eigenvalue weighted by molar-refractivity contribution is 7.89. The molecule has 0 saturated carbocycles. The number of unbranched alkanes of at least 4 members (excludes halogenated alkanes) is 1. The first-order chi connectivity index (χ1) is 9.95. The molecule has 0 radical (unpaired) electrons. The minimum atomic E-state index is -3.44. The highest BCUT2D eigenvalue weighted by Gasteiger charge is 2.12. The largest absolute Gasteiger partial charge is 0.494 e. The summed E-state index contributed by atoms with van der Waals surface area (Å²) in [5.41, 5.74) is 5.37. The maximum Gasteiger partial charge on any atom is 0.240 e.